The summed E-state index contributed by atoms with van der Waals surface area (Å²) in [5.41, 5.74) is 7.56. The summed E-state index contributed by atoms with van der Waals surface area (Å²) in [6.45, 7) is 0. The number of nitrogens with zero attached hydrogens (tertiary/aromatic N) is 1. The zero-order valence-corrected chi connectivity index (χ0v) is 9.46. The van der Waals surface area contributed by atoms with Gasteiger partial charge in [0.25, 0.3) is 5.69 Å². The van der Waals surface area contributed by atoms with E-state index in [4.69, 9.17) is 13.6 Å². The molecule has 18 heavy (non-hydrogen) atoms. The van der Waals surface area contributed by atoms with Crippen LogP contribution in [0.2, 0.25) is 0 Å². The predicted molar refractivity (Wildman–Crippen MR) is 72.6 cm³/mol. The van der Waals surface area contributed by atoms with Gasteiger partial charge < -0.3 is 11.1 Å². The number of nitrogens with one attached hydrogen (secondary N) is 1. The van der Waals surface area contributed by atoms with Crippen LogP contribution in [-0.4, -0.2) is 12.8 Å². The van der Waals surface area contributed by atoms with E-state index in [0.717, 1.165) is 0 Å². The largest absolute Gasteiger partial charge is 0.399 e. The van der Waals surface area contributed by atoms with E-state index in [1.165, 1.54) is 6.07 Å². The summed E-state index contributed by atoms with van der Waals surface area (Å²) in [4.78, 5) is 10.4. The summed E-state index contributed by atoms with van der Waals surface area (Å²) in [5, 5.41) is 13.9. The molecule has 0 heterocycles. The maximum atomic E-state index is 10.9. The van der Waals surface area contributed by atoms with Crippen molar-refractivity contribution in [3.8, 4) is 0 Å². The Kier molecular flexibility index (Phi) is 3.19. The molecule has 88 valence electrons. The zero-order chi connectivity index (χ0) is 13.1. The van der Waals surface area contributed by atoms with Gasteiger partial charge in [0, 0.05) is 17.4 Å². The number of nitrogen functional groups attached to an aromatic ring is 1. The van der Waals surface area contributed by atoms with E-state index in [9.17, 15) is 10.1 Å². The Morgan fingerprint density at radius 1 is 1.22 bits per heavy atom. The Labute approximate surface area is 105 Å². The molecule has 6 heteroatoms. The Bertz CT molecular complexity index is 602. The lowest BCUT2D eigenvalue weighted by atomic mass is 9.95. The highest BCUT2D eigenvalue weighted by Crippen LogP contribution is 2.26. The topological polar surface area (TPSA) is 81.2 Å². The number of hydrogen-bond donors (Lipinski definition) is 2. The smallest absolute Gasteiger partial charge is 0.292 e. The first kappa shape index (κ1) is 12.0. The first-order valence-corrected chi connectivity index (χ1v) is 5.23. The number of nitro benzene ring substituents is 1. The molecule has 0 amide bonds. The monoisotopic (exact) mass is 239 g/mol. The van der Waals surface area contributed by atoms with Crippen molar-refractivity contribution in [2.45, 2.75) is 0 Å². The third-order valence-corrected chi connectivity index (χ3v) is 2.38. The summed E-state index contributed by atoms with van der Waals surface area (Å²) >= 11 is 0. The second kappa shape index (κ2) is 4.79. The fourth-order valence-electron chi connectivity index (χ4n) is 1.58. The molecule has 2 radical (unpaired) electrons. The third-order valence-electron chi connectivity index (χ3n) is 2.38. The van der Waals surface area contributed by atoms with E-state index in [1.54, 1.807) is 36.4 Å². The van der Waals surface area contributed by atoms with Gasteiger partial charge in [-0.15, -0.1) is 0 Å². The molecule has 3 N–H and O–H groups in total. The molecule has 0 saturated carbocycles. The first-order chi connectivity index (χ1) is 8.56. The fourth-order valence-corrected chi connectivity index (χ4v) is 1.58. The molecular formula is C12H10BN3O2. The maximum Gasteiger partial charge on any atom is 0.292 e. The minimum absolute atomic E-state index is 0.0718. The van der Waals surface area contributed by atoms with Gasteiger partial charge in [-0.25, -0.2) is 0 Å². The van der Waals surface area contributed by atoms with Crippen molar-refractivity contribution in [3.63, 3.8) is 0 Å². The Morgan fingerprint density at radius 2 is 2.00 bits per heavy atom. The molecule has 0 aliphatic heterocycles. The molecule has 0 unspecified atom stereocenters. The molecule has 0 atom stereocenters. The van der Waals surface area contributed by atoms with Gasteiger partial charge in [0.05, 0.1) is 4.92 Å². The van der Waals surface area contributed by atoms with Crippen LogP contribution in [0.1, 0.15) is 0 Å². The van der Waals surface area contributed by atoms with E-state index in [0.29, 0.717) is 22.5 Å². The third kappa shape index (κ3) is 2.60. The second-order valence-corrected chi connectivity index (χ2v) is 3.78. The summed E-state index contributed by atoms with van der Waals surface area (Å²) in [5.74, 6) is 0. The molecule has 2 aromatic rings. The van der Waals surface area contributed by atoms with E-state index in [2.05, 4.69) is 5.32 Å². The van der Waals surface area contributed by atoms with E-state index in [-0.39, 0.29) is 5.69 Å². The van der Waals surface area contributed by atoms with E-state index in [1.807, 2.05) is 0 Å². The van der Waals surface area contributed by atoms with Crippen molar-refractivity contribution < 1.29 is 4.92 Å². The van der Waals surface area contributed by atoms with Crippen molar-refractivity contribution >= 4 is 36.1 Å². The lowest BCUT2D eigenvalue weighted by Crippen LogP contribution is -2.05. The van der Waals surface area contributed by atoms with Crippen LogP contribution in [-0.2, 0) is 0 Å². The minimum atomic E-state index is -0.481. The number of hydrogen-bond acceptors (Lipinski definition) is 4. The average molecular weight is 239 g/mol. The lowest BCUT2D eigenvalue weighted by molar-refractivity contribution is -0.383. The predicted octanol–water partition coefficient (Wildman–Crippen LogP) is 1.71. The maximum absolute atomic E-state index is 10.9. The van der Waals surface area contributed by atoms with Gasteiger partial charge in [-0.3, -0.25) is 10.1 Å². The molecule has 5 nitrogen and oxygen atoms in total. The molecule has 0 spiro atoms. The van der Waals surface area contributed by atoms with Crippen LogP contribution < -0.4 is 16.5 Å². The summed E-state index contributed by atoms with van der Waals surface area (Å²) in [7, 11) is 5.53. The highest BCUT2D eigenvalue weighted by atomic mass is 16.6. The molecule has 0 aliphatic rings. The van der Waals surface area contributed by atoms with Gasteiger partial charge >= 0.3 is 0 Å². The highest BCUT2D eigenvalue weighted by molar-refractivity contribution is 6.32. The van der Waals surface area contributed by atoms with Crippen molar-refractivity contribution in [3.05, 3.63) is 52.6 Å². The number of nitrogens with two attached hydrogens (primary N) is 1. The molecule has 0 aromatic heterocycles. The molecule has 0 aliphatic carbocycles. The lowest BCUT2D eigenvalue weighted by Gasteiger charge is -2.08. The Hall–Kier alpha value is -2.50. The van der Waals surface area contributed by atoms with Crippen LogP contribution in [0.25, 0.3) is 0 Å². The van der Waals surface area contributed by atoms with Crippen LogP contribution in [0, 0.1) is 10.1 Å². The van der Waals surface area contributed by atoms with Crippen LogP contribution in [0.3, 0.4) is 0 Å². The summed E-state index contributed by atoms with van der Waals surface area (Å²) < 4.78 is 0. The Morgan fingerprint density at radius 3 is 2.67 bits per heavy atom. The van der Waals surface area contributed by atoms with E-state index >= 15 is 0 Å². The SMILES string of the molecule is [B]c1ccc(Nc2cccc(N)c2)c([N+](=O)[O-])c1. The molecule has 2 aromatic carbocycles. The van der Waals surface area contributed by atoms with Crippen LogP contribution in [0.15, 0.2) is 42.5 Å². The fraction of sp³-hybridized carbons (Fsp3) is 0. The van der Waals surface area contributed by atoms with Gasteiger partial charge in [-0.1, -0.05) is 17.6 Å². The van der Waals surface area contributed by atoms with Gasteiger partial charge in [0.1, 0.15) is 13.5 Å². The minimum Gasteiger partial charge on any atom is -0.399 e. The van der Waals surface area contributed by atoms with Crippen molar-refractivity contribution in [1.29, 1.82) is 0 Å². The van der Waals surface area contributed by atoms with Crippen molar-refractivity contribution in [1.82, 2.24) is 0 Å². The van der Waals surface area contributed by atoms with Crippen molar-refractivity contribution in [2.75, 3.05) is 11.1 Å². The summed E-state index contributed by atoms with van der Waals surface area (Å²) in [6, 6.07) is 11.5. The van der Waals surface area contributed by atoms with Gasteiger partial charge in [0.2, 0.25) is 0 Å². The normalized spacial score (nSPS) is 10.0. The number of anilines is 3. The van der Waals surface area contributed by atoms with Crippen LogP contribution in [0.4, 0.5) is 22.7 Å². The first-order valence-electron chi connectivity index (χ1n) is 5.23. The van der Waals surface area contributed by atoms with Crippen LogP contribution in [0.5, 0.6) is 0 Å². The standard InChI is InChI=1S/C12H10BN3O2/c13-8-4-5-11(12(6-8)16(17)18)15-10-3-1-2-9(14)7-10/h1-7,15H,14H2. The molecule has 2 rings (SSSR count). The molecule has 0 bridgehead atoms. The van der Waals surface area contributed by atoms with Gasteiger partial charge in [0.15, 0.2) is 0 Å². The summed E-state index contributed by atoms with van der Waals surface area (Å²) in [6.07, 6.45) is 0. The highest BCUT2D eigenvalue weighted by Gasteiger charge is 2.13. The Balaban J connectivity index is 2.37. The van der Waals surface area contributed by atoms with Crippen LogP contribution >= 0.6 is 0 Å². The quantitative estimate of drug-likeness (QED) is 0.369. The molecular weight excluding hydrogens is 229 g/mol. The van der Waals surface area contributed by atoms with Gasteiger partial charge in [-0.2, -0.15) is 0 Å². The number of benzene rings is 2. The van der Waals surface area contributed by atoms with Crippen molar-refractivity contribution in [2.24, 2.45) is 0 Å². The zero-order valence-electron chi connectivity index (χ0n) is 9.46. The number of rotatable bonds is 3. The number of nitro groups is 1. The molecule has 0 fully saturated rings. The average Bonchev–Trinajstić information content (AvgIpc) is 2.31. The molecule has 0 saturated heterocycles. The van der Waals surface area contributed by atoms with E-state index < -0.39 is 4.92 Å². The van der Waals surface area contributed by atoms with Gasteiger partial charge in [-0.05, 0) is 24.3 Å². The second-order valence-electron chi connectivity index (χ2n) is 3.78.